The molecule has 9 heteroatoms. The number of aromatic nitrogens is 3. The average molecular weight is 403 g/mol. The number of anilines is 1. The number of carbonyl (C=O) groups excluding carboxylic acids is 1. The van der Waals surface area contributed by atoms with Crippen molar-refractivity contribution in [3.63, 3.8) is 0 Å². The van der Waals surface area contributed by atoms with Gasteiger partial charge in [-0.15, -0.1) is 10.2 Å². The molecule has 0 saturated carbocycles. The van der Waals surface area contributed by atoms with Crippen molar-refractivity contribution in [2.75, 3.05) is 11.1 Å². The van der Waals surface area contributed by atoms with Gasteiger partial charge in [-0.2, -0.15) is 0 Å². The van der Waals surface area contributed by atoms with Crippen molar-refractivity contribution in [2.24, 2.45) is 0 Å². The fraction of sp³-hybridized carbons (Fsp3) is 0.333. The predicted molar refractivity (Wildman–Crippen MR) is 105 cm³/mol. The number of carbonyl (C=O) groups is 1. The highest BCUT2D eigenvalue weighted by molar-refractivity contribution is 8.01. The van der Waals surface area contributed by atoms with Crippen LogP contribution in [0.5, 0.6) is 5.75 Å². The Labute approximate surface area is 164 Å². The molecular weight excluding hydrogens is 384 g/mol. The summed E-state index contributed by atoms with van der Waals surface area (Å²) in [6.07, 6.45) is 2.10. The van der Waals surface area contributed by atoms with E-state index in [1.807, 2.05) is 25.1 Å². The minimum Gasteiger partial charge on any atom is -0.490 e. The van der Waals surface area contributed by atoms with Gasteiger partial charge >= 0.3 is 0 Å². The molecule has 1 aliphatic rings. The van der Waals surface area contributed by atoms with Crippen LogP contribution in [0.15, 0.2) is 33.1 Å². The lowest BCUT2D eigenvalue weighted by atomic mass is 10.1. The smallest absolute Gasteiger partial charge is 0.279 e. The number of benzene rings is 1. The van der Waals surface area contributed by atoms with Crippen LogP contribution in [0.3, 0.4) is 0 Å². The molecule has 1 N–H and O–H groups in total. The highest BCUT2D eigenvalue weighted by atomic mass is 32.2. The van der Waals surface area contributed by atoms with Crippen LogP contribution in [-0.4, -0.2) is 33.1 Å². The van der Waals surface area contributed by atoms with Crippen LogP contribution in [0.1, 0.15) is 36.3 Å². The first-order valence-electron chi connectivity index (χ1n) is 8.66. The third-order valence-electron chi connectivity index (χ3n) is 3.98. The Kier molecular flexibility index (Phi) is 5.13. The molecule has 0 spiro atoms. The zero-order valence-electron chi connectivity index (χ0n) is 14.9. The number of fused-ring (bicyclic) bond motifs is 1. The van der Waals surface area contributed by atoms with E-state index in [0.717, 1.165) is 39.8 Å². The maximum atomic E-state index is 12.4. The molecule has 1 amide bonds. The minimum atomic E-state index is -0.369. The molecule has 1 unspecified atom stereocenters. The number of nitrogens with one attached hydrogen (secondary N) is 1. The number of amides is 1. The molecular formula is C18H18N4O3S2. The lowest BCUT2D eigenvalue weighted by Crippen LogP contribution is -2.11. The molecule has 0 bridgehead atoms. The minimum absolute atomic E-state index is 0.179. The van der Waals surface area contributed by atoms with Gasteiger partial charge in [-0.25, -0.2) is 0 Å². The Morgan fingerprint density at radius 3 is 3.11 bits per heavy atom. The van der Waals surface area contributed by atoms with Crippen LogP contribution in [0.25, 0.3) is 11.3 Å². The summed E-state index contributed by atoms with van der Waals surface area (Å²) in [4.78, 5) is 12.4. The molecule has 0 fully saturated rings. The SMILES string of the molecule is CCCSc1nnc(NC(=O)c2cc(-c3ccc4c(c3)CC(C)O4)on2)s1. The van der Waals surface area contributed by atoms with Crippen LogP contribution in [0, 0.1) is 0 Å². The average Bonchev–Trinajstić information content (AvgIpc) is 3.38. The standard InChI is InChI=1S/C18H18N4O3S2/c1-3-6-26-18-21-20-17(27-18)19-16(23)13-9-15(25-22-13)11-4-5-14-12(8-11)7-10(2)24-14/h4-5,8-10H,3,6-7H2,1-2H3,(H,19,20,23). The summed E-state index contributed by atoms with van der Waals surface area (Å²) >= 11 is 2.97. The molecule has 3 heterocycles. The van der Waals surface area contributed by atoms with Crippen molar-refractivity contribution in [1.82, 2.24) is 15.4 Å². The van der Waals surface area contributed by atoms with Crippen LogP contribution < -0.4 is 10.1 Å². The lowest BCUT2D eigenvalue weighted by molar-refractivity contribution is 0.101. The van der Waals surface area contributed by atoms with Gasteiger partial charge in [-0.05, 0) is 37.1 Å². The van der Waals surface area contributed by atoms with Crippen molar-refractivity contribution in [2.45, 2.75) is 37.1 Å². The normalized spacial score (nSPS) is 15.4. The van der Waals surface area contributed by atoms with Gasteiger partial charge in [-0.3, -0.25) is 10.1 Å². The highest BCUT2D eigenvalue weighted by Crippen LogP contribution is 2.33. The molecule has 2 aromatic heterocycles. The van der Waals surface area contributed by atoms with E-state index in [-0.39, 0.29) is 17.7 Å². The fourth-order valence-corrected chi connectivity index (χ4v) is 4.43. The molecule has 3 aromatic rings. The number of rotatable bonds is 6. The van der Waals surface area contributed by atoms with Crippen molar-refractivity contribution in [3.05, 3.63) is 35.5 Å². The molecule has 1 aliphatic heterocycles. The second-order valence-corrected chi connectivity index (χ2v) is 8.53. The molecule has 0 aliphatic carbocycles. The number of hydrogen-bond donors (Lipinski definition) is 1. The van der Waals surface area contributed by atoms with Gasteiger partial charge in [0.05, 0.1) is 0 Å². The summed E-state index contributed by atoms with van der Waals surface area (Å²) in [6.45, 7) is 4.14. The van der Waals surface area contributed by atoms with Crippen molar-refractivity contribution >= 4 is 34.1 Å². The maximum Gasteiger partial charge on any atom is 0.279 e. The van der Waals surface area contributed by atoms with Gasteiger partial charge in [0.1, 0.15) is 11.9 Å². The Hall–Kier alpha value is -2.39. The zero-order chi connectivity index (χ0) is 18.8. The van der Waals surface area contributed by atoms with E-state index in [9.17, 15) is 4.79 Å². The molecule has 4 rings (SSSR count). The maximum absolute atomic E-state index is 12.4. The van der Waals surface area contributed by atoms with E-state index in [1.165, 1.54) is 11.3 Å². The van der Waals surface area contributed by atoms with Crippen molar-refractivity contribution in [1.29, 1.82) is 0 Å². The summed E-state index contributed by atoms with van der Waals surface area (Å²) < 4.78 is 11.9. The molecule has 27 heavy (non-hydrogen) atoms. The van der Waals surface area contributed by atoms with Crippen molar-refractivity contribution < 1.29 is 14.1 Å². The monoisotopic (exact) mass is 402 g/mol. The van der Waals surface area contributed by atoms with E-state index in [4.69, 9.17) is 9.26 Å². The molecule has 7 nitrogen and oxygen atoms in total. The Bertz CT molecular complexity index is 969. The summed E-state index contributed by atoms with van der Waals surface area (Å²) in [5, 5.41) is 15.1. The summed E-state index contributed by atoms with van der Waals surface area (Å²) in [6, 6.07) is 7.47. The van der Waals surface area contributed by atoms with Crippen LogP contribution >= 0.6 is 23.1 Å². The summed E-state index contributed by atoms with van der Waals surface area (Å²) in [7, 11) is 0. The van der Waals surface area contributed by atoms with Crippen LogP contribution in [0.4, 0.5) is 5.13 Å². The van der Waals surface area contributed by atoms with E-state index in [2.05, 4.69) is 27.6 Å². The lowest BCUT2D eigenvalue weighted by Gasteiger charge is -2.02. The fourth-order valence-electron chi connectivity index (χ4n) is 2.76. The van der Waals surface area contributed by atoms with Gasteiger partial charge in [0.25, 0.3) is 5.91 Å². The Morgan fingerprint density at radius 2 is 2.26 bits per heavy atom. The molecule has 0 saturated heterocycles. The largest absolute Gasteiger partial charge is 0.490 e. The molecule has 0 radical (unpaired) electrons. The van der Waals surface area contributed by atoms with Gasteiger partial charge in [0, 0.05) is 23.8 Å². The Morgan fingerprint density at radius 1 is 1.37 bits per heavy atom. The number of nitrogens with zero attached hydrogens (tertiary/aromatic N) is 3. The topological polar surface area (TPSA) is 90.1 Å². The highest BCUT2D eigenvalue weighted by Gasteiger charge is 2.21. The quantitative estimate of drug-likeness (QED) is 0.486. The second-order valence-electron chi connectivity index (χ2n) is 6.21. The first-order chi connectivity index (χ1) is 13.1. The van der Waals surface area contributed by atoms with E-state index in [1.54, 1.807) is 17.8 Å². The first kappa shape index (κ1) is 18.0. The third kappa shape index (κ3) is 3.98. The van der Waals surface area contributed by atoms with Gasteiger partial charge in [0.15, 0.2) is 15.8 Å². The second kappa shape index (κ2) is 7.69. The third-order valence-corrected chi connectivity index (χ3v) is 6.16. The van der Waals surface area contributed by atoms with Gasteiger partial charge in [0.2, 0.25) is 5.13 Å². The van der Waals surface area contributed by atoms with E-state index < -0.39 is 0 Å². The van der Waals surface area contributed by atoms with Crippen molar-refractivity contribution in [3.8, 4) is 17.1 Å². The summed E-state index contributed by atoms with van der Waals surface area (Å²) in [5.74, 6) is 2.04. The Balaban J connectivity index is 1.45. The van der Waals surface area contributed by atoms with Gasteiger partial charge < -0.3 is 9.26 Å². The summed E-state index contributed by atoms with van der Waals surface area (Å²) in [5.41, 5.74) is 2.20. The number of thioether (sulfide) groups is 1. The molecule has 140 valence electrons. The van der Waals surface area contributed by atoms with E-state index >= 15 is 0 Å². The van der Waals surface area contributed by atoms with Gasteiger partial charge in [-0.1, -0.05) is 35.2 Å². The number of ether oxygens (including phenoxy) is 1. The molecule has 1 aromatic carbocycles. The zero-order valence-corrected chi connectivity index (χ0v) is 16.5. The number of hydrogen-bond acceptors (Lipinski definition) is 8. The van der Waals surface area contributed by atoms with Crippen LogP contribution in [0.2, 0.25) is 0 Å². The predicted octanol–water partition coefficient (Wildman–Crippen LogP) is 4.27. The van der Waals surface area contributed by atoms with E-state index in [0.29, 0.717) is 10.9 Å². The molecule has 1 atom stereocenters. The van der Waals surface area contributed by atoms with Crippen LogP contribution in [-0.2, 0) is 6.42 Å². The first-order valence-corrected chi connectivity index (χ1v) is 10.5.